The maximum absolute atomic E-state index is 9.31. The maximum Gasteiger partial charge on any atom is 0.0485 e. The number of fused-ring (bicyclic) bond motifs is 1. The lowest BCUT2D eigenvalue weighted by atomic mass is 9.89. The molecule has 0 atom stereocenters. The highest BCUT2D eigenvalue weighted by atomic mass is 16.3. The summed E-state index contributed by atoms with van der Waals surface area (Å²) in [4.78, 5) is 0. The molecular weight excluding hydrogens is 198 g/mol. The van der Waals surface area contributed by atoms with E-state index in [2.05, 4.69) is 55.8 Å². The molecule has 0 amide bonds. The highest BCUT2D eigenvalue weighted by molar-refractivity contribution is 5.81. The quantitative estimate of drug-likeness (QED) is 0.840. The van der Waals surface area contributed by atoms with Crippen molar-refractivity contribution < 1.29 is 5.11 Å². The number of nitrogens with zero attached hydrogens (tertiary/aromatic N) is 1. The van der Waals surface area contributed by atoms with E-state index in [1.54, 1.807) is 0 Å². The Bertz CT molecular complexity index is 496. The van der Waals surface area contributed by atoms with E-state index in [4.69, 9.17) is 0 Å². The number of aliphatic hydroxyl groups is 1. The van der Waals surface area contributed by atoms with Crippen molar-refractivity contribution in [1.82, 2.24) is 4.57 Å². The van der Waals surface area contributed by atoms with Gasteiger partial charge in [0.05, 0.1) is 0 Å². The molecule has 2 rings (SSSR count). The fourth-order valence-corrected chi connectivity index (χ4v) is 2.06. The van der Waals surface area contributed by atoms with Gasteiger partial charge in [0.25, 0.3) is 0 Å². The molecule has 0 fully saturated rings. The number of para-hydroxylation sites is 1. The van der Waals surface area contributed by atoms with Crippen LogP contribution in [0.25, 0.3) is 10.9 Å². The first-order valence-electron chi connectivity index (χ1n) is 5.68. The standard InChI is InChI=1S/C14H19NO/c1-14(2,10-16)9-12-8-11-6-4-5-7-13(11)15(12)3/h4-8,16H,9-10H2,1-3H3. The van der Waals surface area contributed by atoms with Gasteiger partial charge < -0.3 is 9.67 Å². The van der Waals surface area contributed by atoms with Gasteiger partial charge in [-0.05, 0) is 29.4 Å². The zero-order chi connectivity index (χ0) is 11.8. The van der Waals surface area contributed by atoms with E-state index in [0.29, 0.717) is 0 Å². The van der Waals surface area contributed by atoms with Crippen LogP contribution in [0.4, 0.5) is 0 Å². The van der Waals surface area contributed by atoms with Gasteiger partial charge in [0.15, 0.2) is 0 Å². The van der Waals surface area contributed by atoms with Crippen molar-refractivity contribution in [2.75, 3.05) is 6.61 Å². The lowest BCUT2D eigenvalue weighted by molar-refractivity contribution is 0.158. The van der Waals surface area contributed by atoms with Crippen LogP contribution in [0.15, 0.2) is 30.3 Å². The molecule has 2 nitrogen and oxygen atoms in total. The highest BCUT2D eigenvalue weighted by Gasteiger charge is 2.19. The average molecular weight is 217 g/mol. The predicted octanol–water partition coefficient (Wildman–Crippen LogP) is 2.74. The van der Waals surface area contributed by atoms with Crippen LogP contribution in [0.1, 0.15) is 19.5 Å². The van der Waals surface area contributed by atoms with E-state index in [-0.39, 0.29) is 12.0 Å². The van der Waals surface area contributed by atoms with E-state index in [0.717, 1.165) is 6.42 Å². The van der Waals surface area contributed by atoms with E-state index in [1.807, 2.05) is 0 Å². The van der Waals surface area contributed by atoms with Crippen LogP contribution < -0.4 is 0 Å². The van der Waals surface area contributed by atoms with E-state index < -0.39 is 0 Å². The summed E-state index contributed by atoms with van der Waals surface area (Å²) < 4.78 is 2.22. The van der Waals surface area contributed by atoms with Crippen molar-refractivity contribution in [2.24, 2.45) is 12.5 Å². The minimum absolute atomic E-state index is 0.0534. The van der Waals surface area contributed by atoms with Crippen molar-refractivity contribution in [3.63, 3.8) is 0 Å². The van der Waals surface area contributed by atoms with Gasteiger partial charge in [-0.2, -0.15) is 0 Å². The van der Waals surface area contributed by atoms with Crippen molar-refractivity contribution in [3.05, 3.63) is 36.0 Å². The SMILES string of the molecule is Cn1c(CC(C)(C)CO)cc2ccccc21. The summed E-state index contributed by atoms with van der Waals surface area (Å²) in [6.07, 6.45) is 0.898. The fourth-order valence-electron chi connectivity index (χ4n) is 2.06. The Balaban J connectivity index is 2.42. The summed E-state index contributed by atoms with van der Waals surface area (Å²) in [6, 6.07) is 10.6. The predicted molar refractivity (Wildman–Crippen MR) is 67.5 cm³/mol. The number of aliphatic hydroxyl groups excluding tert-OH is 1. The van der Waals surface area contributed by atoms with Gasteiger partial charge in [-0.25, -0.2) is 0 Å². The van der Waals surface area contributed by atoms with Crippen LogP contribution in [0, 0.1) is 5.41 Å². The Morgan fingerprint density at radius 2 is 1.94 bits per heavy atom. The Hall–Kier alpha value is -1.28. The van der Waals surface area contributed by atoms with Gasteiger partial charge in [0.2, 0.25) is 0 Å². The van der Waals surface area contributed by atoms with E-state index in [9.17, 15) is 5.11 Å². The number of benzene rings is 1. The molecule has 0 unspecified atom stereocenters. The molecule has 0 spiro atoms. The molecule has 16 heavy (non-hydrogen) atoms. The first-order valence-corrected chi connectivity index (χ1v) is 5.68. The zero-order valence-corrected chi connectivity index (χ0v) is 10.2. The third kappa shape index (κ3) is 1.98. The van der Waals surface area contributed by atoms with E-state index >= 15 is 0 Å². The Labute approximate surface area is 96.5 Å². The molecule has 0 aliphatic rings. The second-order valence-corrected chi connectivity index (χ2v) is 5.25. The zero-order valence-electron chi connectivity index (χ0n) is 10.2. The van der Waals surface area contributed by atoms with Gasteiger partial charge >= 0.3 is 0 Å². The molecule has 0 aliphatic heterocycles. The highest BCUT2D eigenvalue weighted by Crippen LogP contribution is 2.25. The average Bonchev–Trinajstić information content (AvgIpc) is 2.56. The number of rotatable bonds is 3. The van der Waals surface area contributed by atoms with Gasteiger partial charge in [-0.1, -0.05) is 32.0 Å². The summed E-state index contributed by atoms with van der Waals surface area (Å²) in [7, 11) is 2.09. The summed E-state index contributed by atoms with van der Waals surface area (Å²) in [5.74, 6) is 0. The van der Waals surface area contributed by atoms with Crippen molar-refractivity contribution in [1.29, 1.82) is 0 Å². The smallest absolute Gasteiger partial charge is 0.0485 e. The third-order valence-corrected chi connectivity index (χ3v) is 3.14. The van der Waals surface area contributed by atoms with Crippen molar-refractivity contribution >= 4 is 10.9 Å². The van der Waals surface area contributed by atoms with Crippen LogP contribution in [0.2, 0.25) is 0 Å². The minimum atomic E-state index is -0.0534. The van der Waals surface area contributed by atoms with Crippen molar-refractivity contribution in [3.8, 4) is 0 Å². The second kappa shape index (κ2) is 3.95. The first kappa shape index (κ1) is 11.2. The second-order valence-electron chi connectivity index (χ2n) is 5.25. The number of hydrogen-bond acceptors (Lipinski definition) is 1. The summed E-state index contributed by atoms with van der Waals surface area (Å²) in [6.45, 7) is 4.39. The molecule has 0 bridgehead atoms. The summed E-state index contributed by atoms with van der Waals surface area (Å²) in [5, 5.41) is 10.6. The molecule has 1 N–H and O–H groups in total. The molecule has 0 aliphatic carbocycles. The summed E-state index contributed by atoms with van der Waals surface area (Å²) >= 11 is 0. The van der Waals surface area contributed by atoms with E-state index in [1.165, 1.54) is 16.6 Å². The molecule has 86 valence electrons. The van der Waals surface area contributed by atoms with Crippen LogP contribution in [0.5, 0.6) is 0 Å². The Kier molecular flexibility index (Phi) is 2.76. The van der Waals surface area contributed by atoms with Gasteiger partial charge in [0.1, 0.15) is 0 Å². The summed E-state index contributed by atoms with van der Waals surface area (Å²) in [5.41, 5.74) is 2.48. The topological polar surface area (TPSA) is 25.2 Å². The van der Waals surface area contributed by atoms with Gasteiger partial charge in [-0.15, -0.1) is 0 Å². The minimum Gasteiger partial charge on any atom is -0.396 e. The van der Waals surface area contributed by atoms with Gasteiger partial charge in [-0.3, -0.25) is 0 Å². The molecule has 2 heteroatoms. The fraction of sp³-hybridized carbons (Fsp3) is 0.429. The molecule has 0 saturated heterocycles. The number of aromatic nitrogens is 1. The molecule has 1 aromatic carbocycles. The largest absolute Gasteiger partial charge is 0.396 e. The molecule has 2 aromatic rings. The first-order chi connectivity index (χ1) is 7.53. The van der Waals surface area contributed by atoms with Crippen LogP contribution in [0.3, 0.4) is 0 Å². The Morgan fingerprint density at radius 3 is 2.56 bits per heavy atom. The lowest BCUT2D eigenvalue weighted by Gasteiger charge is -2.21. The lowest BCUT2D eigenvalue weighted by Crippen LogP contribution is -2.21. The van der Waals surface area contributed by atoms with Crippen molar-refractivity contribution in [2.45, 2.75) is 20.3 Å². The normalized spacial score (nSPS) is 12.2. The molecule has 1 heterocycles. The molecule has 1 aromatic heterocycles. The van der Waals surface area contributed by atoms with Gasteiger partial charge in [0, 0.05) is 24.9 Å². The van der Waals surface area contributed by atoms with Crippen LogP contribution in [-0.2, 0) is 13.5 Å². The number of hydrogen-bond donors (Lipinski definition) is 1. The monoisotopic (exact) mass is 217 g/mol. The van der Waals surface area contributed by atoms with Crippen LogP contribution >= 0.6 is 0 Å². The number of aryl methyl sites for hydroxylation is 1. The maximum atomic E-state index is 9.31. The molecule has 0 radical (unpaired) electrons. The Morgan fingerprint density at radius 1 is 1.25 bits per heavy atom. The molecular formula is C14H19NO. The van der Waals surface area contributed by atoms with Crippen LogP contribution in [-0.4, -0.2) is 16.3 Å². The molecule has 0 saturated carbocycles. The third-order valence-electron chi connectivity index (χ3n) is 3.14.